The van der Waals surface area contributed by atoms with Crippen LogP contribution in [-0.4, -0.2) is 134 Å². The van der Waals surface area contributed by atoms with Crippen molar-refractivity contribution in [3.63, 3.8) is 0 Å². The van der Waals surface area contributed by atoms with Gasteiger partial charge in [-0.1, -0.05) is 12.1 Å². The Labute approximate surface area is 299 Å². The zero-order valence-corrected chi connectivity index (χ0v) is 30.9. The second kappa shape index (κ2) is 16.7. The number of methoxy groups -OCH3 is 1. The molecule has 0 unspecified atom stereocenters. The van der Waals surface area contributed by atoms with Crippen LogP contribution in [0.4, 0.5) is 14.9 Å². The summed E-state index contributed by atoms with van der Waals surface area (Å²) in [5.74, 6) is -0.718. The molecule has 2 aromatic rings. The lowest BCUT2D eigenvalue weighted by molar-refractivity contribution is -0.142. The van der Waals surface area contributed by atoms with Crippen molar-refractivity contribution in [2.75, 3.05) is 71.2 Å². The van der Waals surface area contributed by atoms with Gasteiger partial charge in [0.1, 0.15) is 30.3 Å². The third kappa shape index (κ3) is 9.94. The zero-order valence-electron chi connectivity index (χ0n) is 30.9. The quantitative estimate of drug-likeness (QED) is 0.336. The van der Waals surface area contributed by atoms with Crippen LogP contribution in [0.2, 0.25) is 0 Å². The van der Waals surface area contributed by atoms with E-state index in [1.807, 2.05) is 33.8 Å². The molecule has 1 aromatic heterocycles. The molecular formula is C37H52FN5O8. The number of nitrogens with zero attached hydrogens (tertiary/aromatic N) is 5. The van der Waals surface area contributed by atoms with Gasteiger partial charge in [-0.25, -0.2) is 14.2 Å². The van der Waals surface area contributed by atoms with E-state index in [0.29, 0.717) is 56.2 Å². The van der Waals surface area contributed by atoms with Gasteiger partial charge in [0.25, 0.3) is 0 Å². The number of aromatic nitrogens is 1. The summed E-state index contributed by atoms with van der Waals surface area (Å²) in [6.45, 7) is 14.9. The largest absolute Gasteiger partial charge is 0.474 e. The SMILES string of the molecule is COC[C@H]1COc2nc(COC(C)=O)c(Cc3ccc(F)cc3)cc2N1C(=O)CN1C[C@@H](C)N(C(=O)OC(C)(C)C)C[C@@H]1CN1CCOC[C@H]1C. The Balaban J connectivity index is 1.46. The minimum absolute atomic E-state index is 0.0814. The Morgan fingerprint density at radius 2 is 1.76 bits per heavy atom. The summed E-state index contributed by atoms with van der Waals surface area (Å²) in [6, 6.07) is 7.39. The number of benzene rings is 1. The molecule has 0 N–H and O–H groups in total. The molecule has 13 nitrogen and oxygen atoms in total. The highest BCUT2D eigenvalue weighted by atomic mass is 19.1. The lowest BCUT2D eigenvalue weighted by Crippen LogP contribution is -2.65. The number of ether oxygens (including phenoxy) is 5. The van der Waals surface area contributed by atoms with E-state index in [0.717, 1.165) is 12.1 Å². The average molecular weight is 714 g/mol. The van der Waals surface area contributed by atoms with Crippen molar-refractivity contribution >= 4 is 23.7 Å². The van der Waals surface area contributed by atoms with Crippen molar-refractivity contribution in [2.45, 2.75) is 84.3 Å². The molecule has 0 bridgehead atoms. The number of carbonyl (C=O) groups excluding carboxylic acids is 3. The predicted molar refractivity (Wildman–Crippen MR) is 187 cm³/mol. The number of amides is 2. The smallest absolute Gasteiger partial charge is 0.410 e. The highest BCUT2D eigenvalue weighted by Crippen LogP contribution is 2.36. The first-order chi connectivity index (χ1) is 24.2. The number of morpholine rings is 1. The fraction of sp³-hybridized carbons (Fsp3) is 0.622. The summed E-state index contributed by atoms with van der Waals surface area (Å²) in [5.41, 5.74) is 1.86. The van der Waals surface area contributed by atoms with Gasteiger partial charge in [-0.05, 0) is 70.4 Å². The second-order valence-corrected chi connectivity index (χ2v) is 14.7. The number of anilines is 1. The molecule has 0 saturated carbocycles. The van der Waals surface area contributed by atoms with Crippen LogP contribution in [-0.2, 0) is 41.6 Å². The van der Waals surface area contributed by atoms with E-state index in [4.69, 9.17) is 28.7 Å². The maximum absolute atomic E-state index is 14.6. The number of rotatable bonds is 10. The Bertz CT molecular complexity index is 1540. The first-order valence-electron chi connectivity index (χ1n) is 17.6. The maximum atomic E-state index is 14.6. The summed E-state index contributed by atoms with van der Waals surface area (Å²) >= 11 is 0. The van der Waals surface area contributed by atoms with Gasteiger partial charge in [0, 0.05) is 58.3 Å². The fourth-order valence-electron chi connectivity index (χ4n) is 6.81. The molecule has 3 aliphatic heterocycles. The van der Waals surface area contributed by atoms with Crippen molar-refractivity contribution < 1.29 is 42.5 Å². The van der Waals surface area contributed by atoms with Crippen LogP contribution in [0.5, 0.6) is 5.88 Å². The molecule has 14 heteroatoms. The molecule has 1 aromatic carbocycles. The average Bonchev–Trinajstić information content (AvgIpc) is 3.06. The van der Waals surface area contributed by atoms with Crippen LogP contribution in [0.1, 0.15) is 58.4 Å². The molecule has 4 heterocycles. The van der Waals surface area contributed by atoms with Crippen LogP contribution >= 0.6 is 0 Å². The summed E-state index contributed by atoms with van der Waals surface area (Å²) in [7, 11) is 1.58. The van der Waals surface area contributed by atoms with Crippen molar-refractivity contribution in [3.8, 4) is 5.88 Å². The predicted octanol–water partition coefficient (Wildman–Crippen LogP) is 3.65. The van der Waals surface area contributed by atoms with E-state index < -0.39 is 17.6 Å². The Morgan fingerprint density at radius 1 is 1.02 bits per heavy atom. The number of piperazine rings is 1. The summed E-state index contributed by atoms with van der Waals surface area (Å²) in [4.78, 5) is 52.4. The topological polar surface area (TPSA) is 123 Å². The lowest BCUT2D eigenvalue weighted by Gasteiger charge is -2.48. The van der Waals surface area contributed by atoms with Gasteiger partial charge in [-0.15, -0.1) is 0 Å². The van der Waals surface area contributed by atoms with E-state index >= 15 is 0 Å². The highest BCUT2D eigenvalue weighted by molar-refractivity contribution is 5.97. The van der Waals surface area contributed by atoms with Crippen molar-refractivity contribution in [2.24, 2.45) is 0 Å². The van der Waals surface area contributed by atoms with Crippen molar-refractivity contribution in [3.05, 3.63) is 53.0 Å². The van der Waals surface area contributed by atoms with Crippen molar-refractivity contribution in [1.29, 1.82) is 0 Å². The molecule has 3 aliphatic rings. The third-order valence-electron chi connectivity index (χ3n) is 9.39. The molecular weight excluding hydrogens is 661 g/mol. The van der Waals surface area contributed by atoms with Crippen LogP contribution < -0.4 is 9.64 Å². The monoisotopic (exact) mass is 713 g/mol. The molecule has 2 fully saturated rings. The fourth-order valence-corrected chi connectivity index (χ4v) is 6.81. The molecule has 5 rings (SSSR count). The van der Waals surface area contributed by atoms with Crippen LogP contribution in [0.25, 0.3) is 0 Å². The number of hydrogen-bond acceptors (Lipinski definition) is 11. The number of carbonyl (C=O) groups is 3. The number of esters is 1. The summed E-state index contributed by atoms with van der Waals surface area (Å²) in [6.07, 6.45) is -0.00877. The zero-order chi connectivity index (χ0) is 36.9. The van der Waals surface area contributed by atoms with Crippen molar-refractivity contribution in [1.82, 2.24) is 19.7 Å². The van der Waals surface area contributed by atoms with E-state index in [1.165, 1.54) is 19.1 Å². The van der Waals surface area contributed by atoms with Gasteiger partial charge in [0.05, 0.1) is 38.1 Å². The standard InChI is InChI=1S/C37H52FN5O8/c1-24-16-41(30(17-40-12-13-48-20-25(40)2)18-42(24)36(46)51-37(4,5)6)19-34(45)43-31(21-47-7)22-50-35-33(43)15-28(32(39-35)23-49-26(3)44)14-27-8-10-29(38)11-9-27/h8-11,15,24-25,30-31H,12-14,16-23H2,1-7H3/t24-,25-,30+,31+/m1/s1. The van der Waals surface area contributed by atoms with Gasteiger partial charge >= 0.3 is 12.1 Å². The lowest BCUT2D eigenvalue weighted by atomic mass is 10.0. The highest BCUT2D eigenvalue weighted by Gasteiger charge is 2.41. The second-order valence-electron chi connectivity index (χ2n) is 14.7. The summed E-state index contributed by atoms with van der Waals surface area (Å²) in [5, 5.41) is 0. The molecule has 0 radical (unpaired) electrons. The summed E-state index contributed by atoms with van der Waals surface area (Å²) < 4.78 is 42.2. The Morgan fingerprint density at radius 3 is 2.43 bits per heavy atom. The van der Waals surface area contributed by atoms with Gasteiger partial charge in [-0.2, -0.15) is 0 Å². The molecule has 0 spiro atoms. The van der Waals surface area contributed by atoms with E-state index in [-0.39, 0.29) is 68.2 Å². The van der Waals surface area contributed by atoms with Gasteiger partial charge in [-0.3, -0.25) is 24.3 Å². The molecule has 0 aliphatic carbocycles. The van der Waals surface area contributed by atoms with Crippen LogP contribution in [0.15, 0.2) is 30.3 Å². The number of pyridine rings is 1. The van der Waals surface area contributed by atoms with Gasteiger partial charge < -0.3 is 28.6 Å². The molecule has 2 saturated heterocycles. The van der Waals surface area contributed by atoms with E-state index in [9.17, 15) is 18.8 Å². The minimum atomic E-state index is -0.639. The maximum Gasteiger partial charge on any atom is 0.410 e. The molecule has 4 atom stereocenters. The van der Waals surface area contributed by atoms with Gasteiger partial charge in [0.2, 0.25) is 11.8 Å². The third-order valence-corrected chi connectivity index (χ3v) is 9.39. The minimum Gasteiger partial charge on any atom is -0.474 e. The van der Waals surface area contributed by atoms with E-state index in [1.54, 1.807) is 29.0 Å². The normalized spacial score (nSPS) is 23.0. The number of hydrogen-bond donors (Lipinski definition) is 0. The number of halogens is 1. The molecule has 51 heavy (non-hydrogen) atoms. The Kier molecular flexibility index (Phi) is 12.5. The first-order valence-corrected chi connectivity index (χ1v) is 17.6. The van der Waals surface area contributed by atoms with Crippen LogP contribution in [0, 0.1) is 5.82 Å². The van der Waals surface area contributed by atoms with E-state index in [2.05, 4.69) is 16.7 Å². The van der Waals surface area contributed by atoms with Crippen LogP contribution in [0.3, 0.4) is 0 Å². The molecule has 280 valence electrons. The van der Waals surface area contributed by atoms with Gasteiger partial charge in [0.15, 0.2) is 0 Å². The molecule has 2 amide bonds. The number of fused-ring (bicyclic) bond motifs is 1. The first kappa shape index (κ1) is 38.4. The Hall–Kier alpha value is -3.85.